The van der Waals surface area contributed by atoms with Crippen LogP contribution in [-0.2, 0) is 16.0 Å². The third-order valence-corrected chi connectivity index (χ3v) is 3.30. The summed E-state index contributed by atoms with van der Waals surface area (Å²) in [6.07, 6.45) is 0.866. The van der Waals surface area contributed by atoms with Crippen molar-refractivity contribution in [2.24, 2.45) is 0 Å². The first-order valence-electron chi connectivity index (χ1n) is 6.01. The van der Waals surface area contributed by atoms with Crippen LogP contribution in [0.15, 0.2) is 18.2 Å². The molecule has 1 aliphatic heterocycles. The van der Waals surface area contributed by atoms with E-state index in [2.05, 4.69) is 19.1 Å². The lowest BCUT2D eigenvalue weighted by molar-refractivity contribution is -0.146. The van der Waals surface area contributed by atoms with E-state index in [1.807, 2.05) is 13.0 Å². The van der Waals surface area contributed by atoms with Crippen LogP contribution >= 0.6 is 0 Å². The zero-order valence-electron chi connectivity index (χ0n) is 10.5. The third kappa shape index (κ3) is 2.60. The van der Waals surface area contributed by atoms with Crippen LogP contribution in [0.5, 0.6) is 5.75 Å². The quantitative estimate of drug-likeness (QED) is 0.754. The van der Waals surface area contributed by atoms with E-state index in [1.165, 1.54) is 18.1 Å². The van der Waals surface area contributed by atoms with Crippen LogP contribution in [0.3, 0.4) is 0 Å². The smallest absolute Gasteiger partial charge is 0.302 e. The Morgan fingerprint density at radius 1 is 1.41 bits per heavy atom. The molecule has 0 bridgehead atoms. The summed E-state index contributed by atoms with van der Waals surface area (Å²) in [5.74, 6) is 0.958. The number of ether oxygens (including phenoxy) is 2. The van der Waals surface area contributed by atoms with Crippen LogP contribution in [-0.4, -0.2) is 18.7 Å². The summed E-state index contributed by atoms with van der Waals surface area (Å²) in [5, 5.41) is 0. The highest BCUT2D eigenvalue weighted by Gasteiger charge is 2.19. The van der Waals surface area contributed by atoms with Crippen LogP contribution in [0.25, 0.3) is 0 Å². The van der Waals surface area contributed by atoms with Crippen LogP contribution in [0.1, 0.15) is 37.8 Å². The number of benzene rings is 1. The van der Waals surface area contributed by atoms with Gasteiger partial charge >= 0.3 is 5.97 Å². The summed E-state index contributed by atoms with van der Waals surface area (Å²) in [7, 11) is 0. The molecule has 3 heteroatoms. The number of carbonyl (C=O) groups is 1. The van der Waals surface area contributed by atoms with Crippen molar-refractivity contribution in [1.82, 2.24) is 0 Å². The average Bonchev–Trinajstić information content (AvgIpc) is 2.73. The topological polar surface area (TPSA) is 35.5 Å². The third-order valence-electron chi connectivity index (χ3n) is 3.30. The van der Waals surface area contributed by atoms with Gasteiger partial charge in [-0.05, 0) is 24.1 Å². The fourth-order valence-corrected chi connectivity index (χ4v) is 2.12. The molecule has 0 N–H and O–H groups in total. The highest BCUT2D eigenvalue weighted by Crippen LogP contribution is 2.30. The summed E-state index contributed by atoms with van der Waals surface area (Å²) in [4.78, 5) is 10.9. The molecule has 3 nitrogen and oxygen atoms in total. The standard InChI is InChI=1S/C14H18O3/c1-9(10(2)17-11(3)15)12-4-5-14-13(8-12)6-7-16-14/h4-5,8-10H,6-7H2,1-3H3/t9-,10+/m1/s1. The van der Waals surface area contributed by atoms with Crippen molar-refractivity contribution in [2.75, 3.05) is 6.61 Å². The monoisotopic (exact) mass is 234 g/mol. The van der Waals surface area contributed by atoms with Gasteiger partial charge < -0.3 is 9.47 Å². The SMILES string of the molecule is CC(=O)O[C@@H](C)[C@@H](C)c1ccc2c(c1)CCO2. The molecule has 0 fully saturated rings. The van der Waals surface area contributed by atoms with Gasteiger partial charge in [-0.25, -0.2) is 0 Å². The summed E-state index contributed by atoms with van der Waals surface area (Å²) in [6, 6.07) is 6.22. The van der Waals surface area contributed by atoms with Gasteiger partial charge in [-0.3, -0.25) is 4.79 Å². The lowest BCUT2D eigenvalue weighted by atomic mass is 9.94. The zero-order chi connectivity index (χ0) is 12.4. The van der Waals surface area contributed by atoms with Crippen molar-refractivity contribution in [3.05, 3.63) is 29.3 Å². The van der Waals surface area contributed by atoms with E-state index in [1.54, 1.807) is 0 Å². The lowest BCUT2D eigenvalue weighted by Crippen LogP contribution is -2.19. The van der Waals surface area contributed by atoms with Crippen LogP contribution < -0.4 is 4.74 Å². The van der Waals surface area contributed by atoms with Crippen molar-refractivity contribution < 1.29 is 14.3 Å². The maximum absolute atomic E-state index is 10.9. The van der Waals surface area contributed by atoms with E-state index in [4.69, 9.17) is 9.47 Å². The second kappa shape index (κ2) is 4.78. The first kappa shape index (κ1) is 12.0. The molecule has 1 aliphatic rings. The average molecular weight is 234 g/mol. The van der Waals surface area contributed by atoms with Crippen LogP contribution in [0, 0.1) is 0 Å². The van der Waals surface area contributed by atoms with E-state index in [9.17, 15) is 4.79 Å². The molecule has 0 spiro atoms. The van der Waals surface area contributed by atoms with E-state index in [-0.39, 0.29) is 18.0 Å². The Balaban J connectivity index is 2.14. The Hall–Kier alpha value is -1.51. The van der Waals surface area contributed by atoms with Gasteiger partial charge in [-0.15, -0.1) is 0 Å². The molecule has 2 atom stereocenters. The Morgan fingerprint density at radius 2 is 2.18 bits per heavy atom. The lowest BCUT2D eigenvalue weighted by Gasteiger charge is -2.20. The van der Waals surface area contributed by atoms with Crippen molar-refractivity contribution in [1.29, 1.82) is 0 Å². The minimum Gasteiger partial charge on any atom is -0.493 e. The van der Waals surface area contributed by atoms with Crippen LogP contribution in [0.4, 0.5) is 0 Å². The minimum atomic E-state index is -0.228. The fourth-order valence-electron chi connectivity index (χ4n) is 2.12. The van der Waals surface area contributed by atoms with Crippen LogP contribution in [0.2, 0.25) is 0 Å². The first-order chi connectivity index (χ1) is 8.08. The maximum atomic E-state index is 10.9. The van der Waals surface area contributed by atoms with Gasteiger partial charge in [0, 0.05) is 19.3 Å². The molecule has 0 aromatic heterocycles. The number of hydrogen-bond acceptors (Lipinski definition) is 3. The highest BCUT2D eigenvalue weighted by molar-refractivity contribution is 5.66. The predicted octanol–water partition coefficient (Wildman–Crippen LogP) is 2.68. The molecule has 0 saturated carbocycles. The van der Waals surface area contributed by atoms with Gasteiger partial charge in [0.25, 0.3) is 0 Å². The predicted molar refractivity (Wildman–Crippen MR) is 65.3 cm³/mol. The Morgan fingerprint density at radius 3 is 2.88 bits per heavy atom. The number of rotatable bonds is 3. The molecular formula is C14H18O3. The molecule has 17 heavy (non-hydrogen) atoms. The molecule has 0 radical (unpaired) electrons. The highest BCUT2D eigenvalue weighted by atomic mass is 16.5. The molecule has 92 valence electrons. The van der Waals surface area contributed by atoms with E-state index >= 15 is 0 Å². The van der Waals surface area contributed by atoms with E-state index in [0.29, 0.717) is 0 Å². The summed E-state index contributed by atoms with van der Waals surface area (Å²) in [5.41, 5.74) is 2.45. The molecule has 0 saturated heterocycles. The molecule has 0 aliphatic carbocycles. The summed E-state index contributed by atoms with van der Waals surface area (Å²) < 4.78 is 10.7. The number of esters is 1. The summed E-state index contributed by atoms with van der Waals surface area (Å²) >= 11 is 0. The molecule has 1 heterocycles. The van der Waals surface area contributed by atoms with Gasteiger partial charge in [-0.2, -0.15) is 0 Å². The Kier molecular flexibility index (Phi) is 3.36. The molecular weight excluding hydrogens is 216 g/mol. The first-order valence-corrected chi connectivity index (χ1v) is 6.01. The van der Waals surface area contributed by atoms with Gasteiger partial charge in [0.05, 0.1) is 6.61 Å². The Bertz CT molecular complexity index is 425. The van der Waals surface area contributed by atoms with E-state index < -0.39 is 0 Å². The maximum Gasteiger partial charge on any atom is 0.302 e. The molecule has 0 unspecified atom stereocenters. The normalized spacial score (nSPS) is 16.9. The second-order valence-corrected chi connectivity index (χ2v) is 4.57. The largest absolute Gasteiger partial charge is 0.493 e. The van der Waals surface area contributed by atoms with Gasteiger partial charge in [0.2, 0.25) is 0 Å². The number of fused-ring (bicyclic) bond motifs is 1. The van der Waals surface area contributed by atoms with Crippen molar-refractivity contribution in [3.8, 4) is 5.75 Å². The van der Waals surface area contributed by atoms with Crippen molar-refractivity contribution in [3.63, 3.8) is 0 Å². The second-order valence-electron chi connectivity index (χ2n) is 4.57. The molecule has 1 aromatic rings. The van der Waals surface area contributed by atoms with Gasteiger partial charge in [0.1, 0.15) is 11.9 Å². The zero-order valence-corrected chi connectivity index (χ0v) is 10.5. The molecule has 0 amide bonds. The van der Waals surface area contributed by atoms with Crippen molar-refractivity contribution >= 4 is 5.97 Å². The number of carbonyl (C=O) groups excluding carboxylic acids is 1. The van der Waals surface area contributed by atoms with Crippen molar-refractivity contribution in [2.45, 2.75) is 39.2 Å². The van der Waals surface area contributed by atoms with Gasteiger partial charge in [0.15, 0.2) is 0 Å². The molecule has 1 aromatic carbocycles. The van der Waals surface area contributed by atoms with Gasteiger partial charge in [-0.1, -0.05) is 19.1 Å². The molecule has 2 rings (SSSR count). The van der Waals surface area contributed by atoms with E-state index in [0.717, 1.165) is 18.8 Å². The Labute approximate surface area is 102 Å². The fraction of sp³-hybridized carbons (Fsp3) is 0.500. The minimum absolute atomic E-state index is 0.104. The number of hydrogen-bond donors (Lipinski definition) is 0. The summed E-state index contributed by atoms with van der Waals surface area (Å²) in [6.45, 7) is 6.22.